The first-order valence-corrected chi connectivity index (χ1v) is 6.68. The van der Waals surface area contributed by atoms with Crippen LogP contribution in [0.2, 0.25) is 0 Å². The zero-order valence-electron chi connectivity index (χ0n) is 10.8. The van der Waals surface area contributed by atoms with Gasteiger partial charge in [-0.1, -0.05) is 0 Å². The smallest absolute Gasteiger partial charge is 0.236 e. The van der Waals surface area contributed by atoms with Crippen LogP contribution in [0.15, 0.2) is 0 Å². The zero-order chi connectivity index (χ0) is 13.0. The van der Waals surface area contributed by atoms with Gasteiger partial charge in [0.05, 0.1) is 13.1 Å². The van der Waals surface area contributed by atoms with Crippen LogP contribution in [0.4, 0.5) is 0 Å². The molecule has 102 valence electrons. The van der Waals surface area contributed by atoms with E-state index in [2.05, 4.69) is 4.90 Å². The van der Waals surface area contributed by atoms with Crippen LogP contribution < -0.4 is 5.73 Å². The highest BCUT2D eigenvalue weighted by Gasteiger charge is 2.24. The van der Waals surface area contributed by atoms with E-state index in [1.54, 1.807) is 4.90 Å². The van der Waals surface area contributed by atoms with Crippen molar-refractivity contribution in [3.05, 3.63) is 0 Å². The van der Waals surface area contributed by atoms with E-state index in [4.69, 9.17) is 5.73 Å². The lowest BCUT2D eigenvalue weighted by Gasteiger charge is -2.34. The van der Waals surface area contributed by atoms with Gasteiger partial charge in [-0.2, -0.15) is 0 Å². The summed E-state index contributed by atoms with van der Waals surface area (Å²) in [5.74, 6) is 0.228. The molecule has 6 nitrogen and oxygen atoms in total. The summed E-state index contributed by atoms with van der Waals surface area (Å²) in [6.07, 6.45) is 2.26. The Labute approximate surface area is 108 Å². The summed E-state index contributed by atoms with van der Waals surface area (Å²) in [7, 11) is 0. The summed E-state index contributed by atoms with van der Waals surface area (Å²) in [6.45, 7) is 5.29. The molecule has 0 aliphatic carbocycles. The predicted molar refractivity (Wildman–Crippen MR) is 67.9 cm³/mol. The van der Waals surface area contributed by atoms with Gasteiger partial charge in [0, 0.05) is 39.3 Å². The van der Waals surface area contributed by atoms with E-state index < -0.39 is 0 Å². The number of carbonyl (C=O) groups excluding carboxylic acids is 2. The van der Waals surface area contributed by atoms with Crippen molar-refractivity contribution in [3.8, 4) is 0 Å². The molecular formula is C12H22N4O2. The molecule has 2 amide bonds. The summed E-state index contributed by atoms with van der Waals surface area (Å²) >= 11 is 0. The predicted octanol–water partition coefficient (Wildman–Crippen LogP) is -1.29. The minimum absolute atomic E-state index is 0.000481. The highest BCUT2D eigenvalue weighted by atomic mass is 16.2. The molecule has 0 bridgehead atoms. The highest BCUT2D eigenvalue weighted by molar-refractivity contribution is 5.79. The van der Waals surface area contributed by atoms with Gasteiger partial charge in [0.25, 0.3) is 0 Å². The minimum atomic E-state index is 0.000481. The minimum Gasteiger partial charge on any atom is -0.342 e. The number of nitrogens with zero attached hydrogens (tertiary/aromatic N) is 3. The van der Waals surface area contributed by atoms with E-state index in [-0.39, 0.29) is 18.4 Å². The SMILES string of the molecule is NCC(=O)N1CCN(CC(=O)N2CCCC2)CC1. The lowest BCUT2D eigenvalue weighted by atomic mass is 10.3. The van der Waals surface area contributed by atoms with Crippen molar-refractivity contribution in [3.63, 3.8) is 0 Å². The number of amides is 2. The van der Waals surface area contributed by atoms with Gasteiger partial charge in [0.2, 0.25) is 11.8 Å². The molecule has 18 heavy (non-hydrogen) atoms. The first-order chi connectivity index (χ1) is 8.70. The summed E-state index contributed by atoms with van der Waals surface area (Å²) < 4.78 is 0. The molecule has 6 heteroatoms. The van der Waals surface area contributed by atoms with Gasteiger partial charge < -0.3 is 15.5 Å². The van der Waals surface area contributed by atoms with Gasteiger partial charge in [0.15, 0.2) is 0 Å². The van der Waals surface area contributed by atoms with E-state index in [1.165, 1.54) is 0 Å². The van der Waals surface area contributed by atoms with E-state index in [0.29, 0.717) is 19.6 Å². The summed E-state index contributed by atoms with van der Waals surface area (Å²) in [5.41, 5.74) is 5.34. The fourth-order valence-corrected chi connectivity index (χ4v) is 2.54. The Hall–Kier alpha value is -1.14. The summed E-state index contributed by atoms with van der Waals surface area (Å²) in [5, 5.41) is 0. The number of piperazine rings is 1. The average molecular weight is 254 g/mol. The molecule has 0 aromatic carbocycles. The van der Waals surface area contributed by atoms with Crippen LogP contribution in [0.3, 0.4) is 0 Å². The average Bonchev–Trinajstić information content (AvgIpc) is 2.92. The van der Waals surface area contributed by atoms with Gasteiger partial charge in [-0.25, -0.2) is 0 Å². The molecule has 0 aromatic rings. The molecule has 0 atom stereocenters. The van der Waals surface area contributed by atoms with Crippen LogP contribution in [0.1, 0.15) is 12.8 Å². The Morgan fingerprint density at radius 2 is 1.39 bits per heavy atom. The van der Waals surface area contributed by atoms with Crippen LogP contribution in [0, 0.1) is 0 Å². The van der Waals surface area contributed by atoms with Gasteiger partial charge in [0.1, 0.15) is 0 Å². The Bertz CT molecular complexity index is 307. The maximum absolute atomic E-state index is 12.0. The van der Waals surface area contributed by atoms with Crippen molar-refractivity contribution in [2.24, 2.45) is 5.73 Å². The highest BCUT2D eigenvalue weighted by Crippen LogP contribution is 2.09. The third kappa shape index (κ3) is 3.20. The zero-order valence-corrected chi connectivity index (χ0v) is 10.8. The molecular weight excluding hydrogens is 232 g/mol. The van der Waals surface area contributed by atoms with E-state index >= 15 is 0 Å². The molecule has 0 radical (unpaired) electrons. The molecule has 0 saturated carbocycles. The Morgan fingerprint density at radius 1 is 0.833 bits per heavy atom. The molecule has 0 unspecified atom stereocenters. The molecule has 2 N–H and O–H groups in total. The first-order valence-electron chi connectivity index (χ1n) is 6.68. The van der Waals surface area contributed by atoms with Crippen molar-refractivity contribution in [1.82, 2.24) is 14.7 Å². The van der Waals surface area contributed by atoms with E-state index in [1.807, 2.05) is 4.90 Å². The maximum Gasteiger partial charge on any atom is 0.236 e. The molecule has 2 rings (SSSR count). The van der Waals surface area contributed by atoms with Crippen molar-refractivity contribution in [1.29, 1.82) is 0 Å². The molecule has 0 aromatic heterocycles. The largest absolute Gasteiger partial charge is 0.342 e. The Morgan fingerprint density at radius 3 is 1.94 bits per heavy atom. The third-order valence-electron chi connectivity index (χ3n) is 3.72. The van der Waals surface area contributed by atoms with Crippen LogP contribution in [0.25, 0.3) is 0 Å². The number of hydrogen-bond acceptors (Lipinski definition) is 4. The maximum atomic E-state index is 12.0. The number of hydrogen-bond donors (Lipinski definition) is 1. The van der Waals surface area contributed by atoms with Crippen LogP contribution in [0.5, 0.6) is 0 Å². The molecule has 2 aliphatic rings. The quantitative estimate of drug-likeness (QED) is 0.680. The van der Waals surface area contributed by atoms with Gasteiger partial charge in [-0.15, -0.1) is 0 Å². The first kappa shape index (κ1) is 13.3. The molecule has 2 aliphatic heterocycles. The fourth-order valence-electron chi connectivity index (χ4n) is 2.54. The Kier molecular flexibility index (Phi) is 4.54. The second kappa shape index (κ2) is 6.15. The lowest BCUT2D eigenvalue weighted by molar-refractivity contribution is -0.133. The van der Waals surface area contributed by atoms with Crippen LogP contribution in [-0.4, -0.2) is 78.9 Å². The monoisotopic (exact) mass is 254 g/mol. The van der Waals surface area contributed by atoms with Crippen LogP contribution in [-0.2, 0) is 9.59 Å². The van der Waals surface area contributed by atoms with Crippen molar-refractivity contribution < 1.29 is 9.59 Å². The number of carbonyl (C=O) groups is 2. The molecule has 2 heterocycles. The summed E-state index contributed by atoms with van der Waals surface area (Å²) in [4.78, 5) is 29.2. The fraction of sp³-hybridized carbons (Fsp3) is 0.833. The van der Waals surface area contributed by atoms with Crippen molar-refractivity contribution in [2.75, 3.05) is 52.4 Å². The topological polar surface area (TPSA) is 69.9 Å². The third-order valence-corrected chi connectivity index (χ3v) is 3.72. The van der Waals surface area contributed by atoms with Crippen LogP contribution >= 0.6 is 0 Å². The standard InChI is InChI=1S/C12H22N4O2/c13-9-11(17)16-7-5-14(6-8-16)10-12(18)15-3-1-2-4-15/h1-10,13H2. The van der Waals surface area contributed by atoms with Gasteiger partial charge in [-0.05, 0) is 12.8 Å². The Balaban J connectivity index is 1.73. The summed E-state index contributed by atoms with van der Waals surface area (Å²) in [6, 6.07) is 0. The lowest BCUT2D eigenvalue weighted by Crippen LogP contribution is -2.52. The number of likely N-dealkylation sites (tertiary alicyclic amines) is 1. The van der Waals surface area contributed by atoms with Gasteiger partial charge in [-0.3, -0.25) is 14.5 Å². The van der Waals surface area contributed by atoms with Gasteiger partial charge >= 0.3 is 0 Å². The van der Waals surface area contributed by atoms with E-state index in [9.17, 15) is 9.59 Å². The number of nitrogens with two attached hydrogens (primary N) is 1. The molecule has 0 spiro atoms. The van der Waals surface area contributed by atoms with Crippen molar-refractivity contribution >= 4 is 11.8 Å². The molecule has 2 saturated heterocycles. The second-order valence-electron chi connectivity index (χ2n) is 4.95. The second-order valence-corrected chi connectivity index (χ2v) is 4.95. The van der Waals surface area contributed by atoms with Crippen molar-refractivity contribution in [2.45, 2.75) is 12.8 Å². The molecule has 2 fully saturated rings. The normalized spacial score (nSPS) is 21.4. The number of rotatable bonds is 3. The van der Waals surface area contributed by atoms with E-state index in [0.717, 1.165) is 39.0 Å².